The van der Waals surface area contributed by atoms with Gasteiger partial charge in [0.15, 0.2) is 5.76 Å². The standard InChI is InChI=1S/C10H16N2O3/c1-6(2)5-10(3,9(11)14)7-4-8(13)12-15-7/h4,6H,5H2,1-3H3,(H2,11,14)(H,12,13). The van der Waals surface area contributed by atoms with E-state index in [2.05, 4.69) is 5.16 Å². The number of aromatic nitrogens is 1. The van der Waals surface area contributed by atoms with Gasteiger partial charge in [0.05, 0.1) is 0 Å². The molecule has 1 rings (SSSR count). The average molecular weight is 212 g/mol. The molecule has 0 fully saturated rings. The summed E-state index contributed by atoms with van der Waals surface area (Å²) in [6.07, 6.45) is 0.545. The van der Waals surface area contributed by atoms with Gasteiger partial charge >= 0.3 is 0 Å². The van der Waals surface area contributed by atoms with E-state index in [9.17, 15) is 9.59 Å². The van der Waals surface area contributed by atoms with Gasteiger partial charge < -0.3 is 10.3 Å². The first-order valence-corrected chi connectivity index (χ1v) is 4.85. The van der Waals surface area contributed by atoms with Crippen LogP contribution in [0.15, 0.2) is 15.4 Å². The van der Waals surface area contributed by atoms with Gasteiger partial charge in [-0.1, -0.05) is 13.8 Å². The molecule has 0 saturated carbocycles. The molecule has 3 N–H and O–H groups in total. The lowest BCUT2D eigenvalue weighted by molar-refractivity contribution is -0.124. The number of carbonyl (C=O) groups excluding carboxylic acids is 1. The van der Waals surface area contributed by atoms with Crippen LogP contribution < -0.4 is 11.3 Å². The van der Waals surface area contributed by atoms with E-state index in [4.69, 9.17) is 10.3 Å². The maximum atomic E-state index is 11.4. The highest BCUT2D eigenvalue weighted by molar-refractivity contribution is 5.85. The summed E-state index contributed by atoms with van der Waals surface area (Å²) in [6.45, 7) is 5.64. The highest BCUT2D eigenvalue weighted by atomic mass is 16.5. The zero-order valence-corrected chi connectivity index (χ0v) is 9.16. The molecule has 0 radical (unpaired) electrons. The number of nitrogens with two attached hydrogens (primary N) is 1. The fraction of sp³-hybridized carbons (Fsp3) is 0.600. The molecule has 0 aliphatic carbocycles. The fourth-order valence-electron chi connectivity index (χ4n) is 1.69. The maximum absolute atomic E-state index is 11.4. The molecule has 0 aliphatic heterocycles. The summed E-state index contributed by atoms with van der Waals surface area (Å²) in [5.41, 5.74) is 4.06. The van der Waals surface area contributed by atoms with Gasteiger partial charge in [0.2, 0.25) is 5.91 Å². The molecule has 1 heterocycles. The molecule has 1 amide bonds. The highest BCUT2D eigenvalue weighted by Crippen LogP contribution is 2.29. The summed E-state index contributed by atoms with van der Waals surface area (Å²) in [4.78, 5) is 22.4. The summed E-state index contributed by atoms with van der Waals surface area (Å²) in [7, 11) is 0. The number of hydrogen-bond acceptors (Lipinski definition) is 3. The third-order valence-corrected chi connectivity index (χ3v) is 2.43. The van der Waals surface area contributed by atoms with Crippen LogP contribution in [0.5, 0.6) is 0 Å². The predicted molar refractivity (Wildman–Crippen MR) is 55.3 cm³/mol. The van der Waals surface area contributed by atoms with Crippen molar-refractivity contribution < 1.29 is 9.32 Å². The summed E-state index contributed by atoms with van der Waals surface area (Å²) >= 11 is 0. The van der Waals surface area contributed by atoms with Gasteiger partial charge in [-0.2, -0.15) is 5.16 Å². The Hall–Kier alpha value is -1.52. The Bertz CT molecular complexity index is 405. The molecule has 1 atom stereocenters. The van der Waals surface area contributed by atoms with E-state index in [0.29, 0.717) is 12.2 Å². The number of primary amides is 1. The van der Waals surface area contributed by atoms with Gasteiger partial charge in [-0.05, 0) is 19.3 Å². The normalized spacial score (nSPS) is 15.2. The van der Waals surface area contributed by atoms with Crippen molar-refractivity contribution in [2.45, 2.75) is 32.6 Å². The van der Waals surface area contributed by atoms with Crippen molar-refractivity contribution in [3.63, 3.8) is 0 Å². The van der Waals surface area contributed by atoms with Crippen LogP contribution in [-0.4, -0.2) is 11.1 Å². The fourth-order valence-corrected chi connectivity index (χ4v) is 1.69. The summed E-state index contributed by atoms with van der Waals surface area (Å²) < 4.78 is 4.95. The molecule has 5 heteroatoms. The Morgan fingerprint density at radius 2 is 2.27 bits per heavy atom. The summed E-state index contributed by atoms with van der Waals surface area (Å²) in [5, 5.41) is 2.16. The number of carbonyl (C=O) groups is 1. The largest absolute Gasteiger partial charge is 0.382 e. The molecule has 0 aromatic carbocycles. The van der Waals surface area contributed by atoms with Crippen LogP contribution >= 0.6 is 0 Å². The van der Waals surface area contributed by atoms with Gasteiger partial charge in [-0.25, -0.2) is 0 Å². The van der Waals surface area contributed by atoms with E-state index in [1.807, 2.05) is 13.8 Å². The van der Waals surface area contributed by atoms with Gasteiger partial charge in [0.1, 0.15) is 5.41 Å². The van der Waals surface area contributed by atoms with Crippen LogP contribution in [0.25, 0.3) is 0 Å². The second kappa shape index (κ2) is 3.92. The Morgan fingerprint density at radius 3 is 2.60 bits per heavy atom. The van der Waals surface area contributed by atoms with Crippen LogP contribution in [0.3, 0.4) is 0 Å². The van der Waals surface area contributed by atoms with E-state index in [1.165, 1.54) is 6.07 Å². The van der Waals surface area contributed by atoms with E-state index in [-0.39, 0.29) is 11.5 Å². The first kappa shape index (κ1) is 11.6. The van der Waals surface area contributed by atoms with E-state index < -0.39 is 11.3 Å². The van der Waals surface area contributed by atoms with Crippen molar-refractivity contribution in [3.8, 4) is 0 Å². The lowest BCUT2D eigenvalue weighted by atomic mass is 9.79. The number of hydrogen-bond donors (Lipinski definition) is 2. The Balaban J connectivity index is 3.12. The Labute approximate surface area is 87.6 Å². The van der Waals surface area contributed by atoms with Gasteiger partial charge in [-0.15, -0.1) is 0 Å². The predicted octanol–water partition coefficient (Wildman–Crippen LogP) is 0.757. The smallest absolute Gasteiger partial charge is 0.280 e. The van der Waals surface area contributed by atoms with E-state index in [0.717, 1.165) is 0 Å². The van der Waals surface area contributed by atoms with Crippen LogP contribution in [-0.2, 0) is 10.2 Å². The van der Waals surface area contributed by atoms with Crippen molar-refractivity contribution in [2.24, 2.45) is 11.7 Å². The molecule has 0 aliphatic rings. The molecule has 15 heavy (non-hydrogen) atoms. The topological polar surface area (TPSA) is 89.1 Å². The lowest BCUT2D eigenvalue weighted by Crippen LogP contribution is -2.39. The Morgan fingerprint density at radius 1 is 1.67 bits per heavy atom. The second-order valence-electron chi connectivity index (χ2n) is 4.37. The molecular formula is C10H16N2O3. The summed E-state index contributed by atoms with van der Waals surface area (Å²) in [5.74, 6) is 0.0929. The van der Waals surface area contributed by atoms with Gasteiger partial charge in [0, 0.05) is 6.07 Å². The van der Waals surface area contributed by atoms with Crippen LogP contribution in [0.2, 0.25) is 0 Å². The zero-order valence-electron chi connectivity index (χ0n) is 9.16. The van der Waals surface area contributed by atoms with Gasteiger partial charge in [-0.3, -0.25) is 9.59 Å². The van der Waals surface area contributed by atoms with Gasteiger partial charge in [0.25, 0.3) is 5.56 Å². The second-order valence-corrected chi connectivity index (χ2v) is 4.37. The number of amides is 1. The molecule has 1 unspecified atom stereocenters. The van der Waals surface area contributed by atoms with Crippen molar-refractivity contribution >= 4 is 5.91 Å². The summed E-state index contributed by atoms with van der Waals surface area (Å²) in [6, 6.07) is 1.27. The lowest BCUT2D eigenvalue weighted by Gasteiger charge is -2.24. The first-order valence-electron chi connectivity index (χ1n) is 4.85. The molecular weight excluding hydrogens is 196 g/mol. The monoisotopic (exact) mass is 212 g/mol. The quantitative estimate of drug-likeness (QED) is 0.772. The number of H-pyrrole nitrogens is 1. The molecule has 1 aromatic heterocycles. The maximum Gasteiger partial charge on any atom is 0.280 e. The van der Waals surface area contributed by atoms with Crippen LogP contribution in [0.4, 0.5) is 0 Å². The molecule has 1 aromatic rings. The van der Waals surface area contributed by atoms with E-state index in [1.54, 1.807) is 6.92 Å². The van der Waals surface area contributed by atoms with E-state index >= 15 is 0 Å². The van der Waals surface area contributed by atoms with Crippen molar-refractivity contribution in [1.82, 2.24) is 5.16 Å². The molecule has 5 nitrogen and oxygen atoms in total. The number of nitrogens with one attached hydrogen (secondary N) is 1. The zero-order chi connectivity index (χ0) is 11.6. The van der Waals surface area contributed by atoms with Crippen molar-refractivity contribution in [1.29, 1.82) is 0 Å². The minimum absolute atomic E-state index is 0.280. The third-order valence-electron chi connectivity index (χ3n) is 2.43. The Kier molecular flexibility index (Phi) is 3.02. The number of rotatable bonds is 4. The SMILES string of the molecule is CC(C)CC(C)(C(N)=O)c1cc(=O)[nH]o1. The first-order chi connectivity index (χ1) is 6.86. The molecule has 0 saturated heterocycles. The molecule has 0 bridgehead atoms. The number of aromatic amines is 1. The highest BCUT2D eigenvalue weighted by Gasteiger charge is 2.37. The third kappa shape index (κ3) is 2.29. The van der Waals surface area contributed by atoms with Crippen LogP contribution in [0, 0.1) is 5.92 Å². The minimum Gasteiger partial charge on any atom is -0.382 e. The van der Waals surface area contributed by atoms with Crippen LogP contribution in [0.1, 0.15) is 33.0 Å². The minimum atomic E-state index is -0.923. The molecule has 84 valence electrons. The average Bonchev–Trinajstić information content (AvgIpc) is 2.50. The van der Waals surface area contributed by atoms with Crippen molar-refractivity contribution in [2.75, 3.05) is 0 Å². The van der Waals surface area contributed by atoms with Crippen molar-refractivity contribution in [3.05, 3.63) is 22.2 Å². The molecule has 0 spiro atoms.